The second-order valence-corrected chi connectivity index (χ2v) is 4.57. The molecule has 96 valence electrons. The molecule has 5 heteroatoms. The molecule has 0 spiro atoms. The average Bonchev–Trinajstić information content (AvgIpc) is 2.70. The zero-order chi connectivity index (χ0) is 13.0. The van der Waals surface area contributed by atoms with E-state index in [9.17, 15) is 0 Å². The van der Waals surface area contributed by atoms with Crippen molar-refractivity contribution in [3.63, 3.8) is 0 Å². The van der Waals surface area contributed by atoms with Crippen LogP contribution in [-0.4, -0.2) is 14.8 Å². The Bertz CT molecular complexity index is 556. The van der Waals surface area contributed by atoms with Crippen LogP contribution in [0.15, 0.2) is 24.3 Å². The third-order valence-corrected chi connectivity index (χ3v) is 3.17. The molecule has 1 aromatic heterocycles. The number of aromatic amines is 1. The highest BCUT2D eigenvalue weighted by Gasteiger charge is 2.03. The number of benzene rings is 1. The number of aromatic nitrogens is 3. The van der Waals surface area contributed by atoms with Gasteiger partial charge in [-0.2, -0.15) is 5.10 Å². The van der Waals surface area contributed by atoms with Gasteiger partial charge in [-0.3, -0.25) is 5.10 Å². The van der Waals surface area contributed by atoms with Crippen LogP contribution in [0.5, 0.6) is 5.75 Å². The number of rotatable bonds is 5. The molecule has 0 aliphatic heterocycles. The second-order valence-electron chi connectivity index (χ2n) is 4.19. The summed E-state index contributed by atoms with van der Waals surface area (Å²) in [5, 5.41) is 6.83. The Morgan fingerprint density at radius 3 is 2.61 bits per heavy atom. The van der Waals surface area contributed by atoms with Gasteiger partial charge in [-0.1, -0.05) is 25.5 Å². The molecule has 0 aliphatic rings. The van der Waals surface area contributed by atoms with Crippen molar-refractivity contribution in [2.24, 2.45) is 7.05 Å². The summed E-state index contributed by atoms with van der Waals surface area (Å²) in [6.45, 7) is 2.59. The van der Waals surface area contributed by atoms with Crippen LogP contribution in [0.2, 0.25) is 0 Å². The van der Waals surface area contributed by atoms with Crippen LogP contribution in [-0.2, 0) is 20.1 Å². The standard InChI is InChI=1S/C13H17N3OS/c1-3-4-10-5-7-11(8-6-10)17-9-12-14-15-13(18)16(12)2/h5-8H,3-4,9H2,1-2H3,(H,15,18). The largest absolute Gasteiger partial charge is 0.486 e. The number of aryl methyl sites for hydroxylation is 1. The van der Waals surface area contributed by atoms with Gasteiger partial charge < -0.3 is 9.30 Å². The summed E-state index contributed by atoms with van der Waals surface area (Å²) >= 11 is 5.04. The molecule has 0 saturated carbocycles. The number of hydrogen-bond donors (Lipinski definition) is 1. The molecule has 1 N–H and O–H groups in total. The fourth-order valence-corrected chi connectivity index (χ4v) is 1.85. The summed E-state index contributed by atoms with van der Waals surface area (Å²) in [6, 6.07) is 8.18. The lowest BCUT2D eigenvalue weighted by molar-refractivity contribution is 0.291. The first kappa shape index (κ1) is 12.8. The van der Waals surface area contributed by atoms with Gasteiger partial charge in [0, 0.05) is 7.05 Å². The number of nitrogens with one attached hydrogen (secondary N) is 1. The van der Waals surface area contributed by atoms with Gasteiger partial charge in [-0.15, -0.1) is 0 Å². The molecule has 1 aromatic carbocycles. The zero-order valence-corrected chi connectivity index (χ0v) is 11.5. The number of ether oxygens (including phenoxy) is 1. The summed E-state index contributed by atoms with van der Waals surface area (Å²) in [5.74, 6) is 1.64. The van der Waals surface area contributed by atoms with Gasteiger partial charge in [0.15, 0.2) is 10.6 Å². The maximum absolute atomic E-state index is 5.67. The zero-order valence-electron chi connectivity index (χ0n) is 10.6. The van der Waals surface area contributed by atoms with Crippen molar-refractivity contribution in [2.75, 3.05) is 0 Å². The highest BCUT2D eigenvalue weighted by atomic mass is 32.1. The van der Waals surface area contributed by atoms with Crippen molar-refractivity contribution in [1.29, 1.82) is 0 Å². The van der Waals surface area contributed by atoms with Crippen molar-refractivity contribution >= 4 is 12.2 Å². The first-order valence-corrected chi connectivity index (χ1v) is 6.43. The van der Waals surface area contributed by atoms with Gasteiger partial charge in [0.1, 0.15) is 12.4 Å². The summed E-state index contributed by atoms with van der Waals surface area (Å²) in [4.78, 5) is 0. The van der Waals surface area contributed by atoms with Gasteiger partial charge in [-0.05, 0) is 36.3 Å². The molecule has 4 nitrogen and oxygen atoms in total. The highest BCUT2D eigenvalue weighted by molar-refractivity contribution is 7.71. The Kier molecular flexibility index (Phi) is 4.15. The smallest absolute Gasteiger partial charge is 0.194 e. The molecule has 0 amide bonds. The van der Waals surface area contributed by atoms with E-state index in [1.165, 1.54) is 5.56 Å². The molecule has 0 radical (unpaired) electrons. The first-order valence-electron chi connectivity index (χ1n) is 6.02. The fraction of sp³-hybridized carbons (Fsp3) is 0.385. The van der Waals surface area contributed by atoms with E-state index in [0.29, 0.717) is 11.4 Å². The lowest BCUT2D eigenvalue weighted by Gasteiger charge is -2.06. The average molecular weight is 263 g/mol. The number of H-pyrrole nitrogens is 1. The van der Waals surface area contributed by atoms with Crippen LogP contribution in [0.4, 0.5) is 0 Å². The Hall–Kier alpha value is -1.62. The van der Waals surface area contributed by atoms with E-state index in [0.717, 1.165) is 24.4 Å². The van der Waals surface area contributed by atoms with E-state index < -0.39 is 0 Å². The molecular formula is C13H17N3OS. The molecule has 18 heavy (non-hydrogen) atoms. The van der Waals surface area contributed by atoms with Crippen molar-refractivity contribution in [2.45, 2.75) is 26.4 Å². The molecule has 0 atom stereocenters. The summed E-state index contributed by atoms with van der Waals surface area (Å²) in [6.07, 6.45) is 2.26. The Labute approximate surface area is 112 Å². The van der Waals surface area contributed by atoms with Crippen molar-refractivity contribution in [3.05, 3.63) is 40.4 Å². The second kappa shape index (κ2) is 5.82. The molecule has 2 aromatic rings. The monoisotopic (exact) mass is 263 g/mol. The topological polar surface area (TPSA) is 42.8 Å². The van der Waals surface area contributed by atoms with Crippen molar-refractivity contribution in [3.8, 4) is 5.75 Å². The fourth-order valence-electron chi connectivity index (χ4n) is 1.70. The van der Waals surface area contributed by atoms with Gasteiger partial charge in [0.2, 0.25) is 0 Å². The predicted molar refractivity (Wildman–Crippen MR) is 73.2 cm³/mol. The van der Waals surface area contributed by atoms with Crippen LogP contribution >= 0.6 is 12.2 Å². The van der Waals surface area contributed by atoms with E-state index >= 15 is 0 Å². The van der Waals surface area contributed by atoms with E-state index in [1.807, 2.05) is 19.2 Å². The van der Waals surface area contributed by atoms with Gasteiger partial charge in [0.05, 0.1) is 0 Å². The molecule has 0 aliphatic carbocycles. The third-order valence-electron chi connectivity index (χ3n) is 2.80. The molecule has 0 saturated heterocycles. The van der Waals surface area contributed by atoms with E-state index in [-0.39, 0.29) is 0 Å². The van der Waals surface area contributed by atoms with Crippen molar-refractivity contribution in [1.82, 2.24) is 14.8 Å². The molecule has 0 bridgehead atoms. The molecular weight excluding hydrogens is 246 g/mol. The summed E-state index contributed by atoms with van der Waals surface area (Å²) in [5.41, 5.74) is 1.34. The normalized spacial score (nSPS) is 10.6. The van der Waals surface area contributed by atoms with Crippen LogP contribution in [0.1, 0.15) is 24.7 Å². The molecule has 0 fully saturated rings. The van der Waals surface area contributed by atoms with Gasteiger partial charge in [-0.25, -0.2) is 0 Å². The molecule has 2 rings (SSSR count). The van der Waals surface area contributed by atoms with Gasteiger partial charge >= 0.3 is 0 Å². The summed E-state index contributed by atoms with van der Waals surface area (Å²) in [7, 11) is 1.87. The first-order chi connectivity index (χ1) is 8.70. The quantitative estimate of drug-likeness (QED) is 0.843. The highest BCUT2D eigenvalue weighted by Crippen LogP contribution is 2.14. The Morgan fingerprint density at radius 2 is 2.06 bits per heavy atom. The van der Waals surface area contributed by atoms with Crippen LogP contribution < -0.4 is 4.74 Å². The minimum atomic E-state index is 0.413. The SMILES string of the molecule is CCCc1ccc(OCc2n[nH]c(=S)n2C)cc1. The molecule has 1 heterocycles. The van der Waals surface area contributed by atoms with E-state index in [1.54, 1.807) is 4.57 Å². The minimum absolute atomic E-state index is 0.413. The van der Waals surface area contributed by atoms with Crippen LogP contribution in [0.3, 0.4) is 0 Å². The third kappa shape index (κ3) is 2.98. The van der Waals surface area contributed by atoms with Crippen molar-refractivity contribution < 1.29 is 4.74 Å². The lowest BCUT2D eigenvalue weighted by Crippen LogP contribution is -2.03. The number of nitrogens with zero attached hydrogens (tertiary/aromatic N) is 2. The molecule has 0 unspecified atom stereocenters. The van der Waals surface area contributed by atoms with E-state index in [2.05, 4.69) is 29.3 Å². The summed E-state index contributed by atoms with van der Waals surface area (Å²) < 4.78 is 8.08. The lowest BCUT2D eigenvalue weighted by atomic mass is 10.1. The minimum Gasteiger partial charge on any atom is -0.486 e. The van der Waals surface area contributed by atoms with E-state index in [4.69, 9.17) is 17.0 Å². The Morgan fingerprint density at radius 1 is 1.33 bits per heavy atom. The maximum Gasteiger partial charge on any atom is 0.194 e. The maximum atomic E-state index is 5.67. The number of hydrogen-bond acceptors (Lipinski definition) is 3. The Balaban J connectivity index is 1.98. The van der Waals surface area contributed by atoms with Crippen LogP contribution in [0.25, 0.3) is 0 Å². The predicted octanol–water partition coefficient (Wildman–Crippen LogP) is 3.01. The van der Waals surface area contributed by atoms with Crippen LogP contribution in [0, 0.1) is 4.77 Å². The van der Waals surface area contributed by atoms with Gasteiger partial charge in [0.25, 0.3) is 0 Å².